The van der Waals surface area contributed by atoms with E-state index in [0.29, 0.717) is 0 Å². The Kier molecular flexibility index (Phi) is 5.42. The fourth-order valence-corrected chi connectivity index (χ4v) is 9.01. The van der Waals surface area contributed by atoms with Crippen molar-refractivity contribution in [1.82, 2.24) is 0 Å². The topological polar surface area (TPSA) is 0 Å². The predicted octanol–water partition coefficient (Wildman–Crippen LogP) is 5.53. The summed E-state index contributed by atoms with van der Waals surface area (Å²) in [6.07, 6.45) is 1.06. The van der Waals surface area contributed by atoms with Gasteiger partial charge in [0.05, 0.1) is 0 Å². The molecule has 0 aromatic heterocycles. The van der Waals surface area contributed by atoms with Crippen molar-refractivity contribution in [2.45, 2.75) is 20.0 Å². The Hall–Kier alpha value is -2.69. The molecular weight excluding hydrogens is 355 g/mol. The van der Waals surface area contributed by atoms with E-state index in [2.05, 4.69) is 123 Å². The van der Waals surface area contributed by atoms with Crippen LogP contribution in [-0.2, 0) is 6.16 Å². The third-order valence-electron chi connectivity index (χ3n) is 5.63. The van der Waals surface area contributed by atoms with Crippen molar-refractivity contribution < 1.29 is 0 Å². The summed E-state index contributed by atoms with van der Waals surface area (Å²) in [7, 11) is -2.21. The van der Waals surface area contributed by atoms with E-state index < -0.39 is 7.26 Å². The fraction of sp³-hybridized carbons (Fsp3) is 0.111. The monoisotopic (exact) mass is 382 g/mol. The Morgan fingerprint density at radius 2 is 1.04 bits per heavy atom. The van der Waals surface area contributed by atoms with Crippen molar-refractivity contribution in [1.29, 1.82) is 0 Å². The Labute approximate surface area is 169 Å². The maximum atomic E-state index is 2.40. The van der Waals surface area contributed by atoms with Gasteiger partial charge in [-0.15, -0.1) is 0 Å². The Morgan fingerprint density at radius 1 is 0.500 bits per heavy atom. The van der Waals surface area contributed by atoms with E-state index in [4.69, 9.17) is 0 Å². The van der Waals surface area contributed by atoms with Gasteiger partial charge in [0, 0.05) is 0 Å². The van der Waals surface area contributed by atoms with E-state index in [9.17, 15) is 0 Å². The van der Waals surface area contributed by atoms with E-state index in [0.717, 1.165) is 6.16 Å². The molecule has 4 rings (SSSR count). The van der Waals surface area contributed by atoms with Gasteiger partial charge in [-0.2, -0.15) is 0 Å². The third kappa shape index (κ3) is 3.66. The van der Waals surface area contributed by atoms with E-state index in [1.54, 1.807) is 0 Å². The molecule has 0 saturated carbocycles. The van der Waals surface area contributed by atoms with Crippen LogP contribution in [0.4, 0.5) is 0 Å². The van der Waals surface area contributed by atoms with Crippen LogP contribution in [0.5, 0.6) is 0 Å². The molecule has 0 fully saturated rings. The first-order valence-corrected chi connectivity index (χ1v) is 12.1. The molecule has 0 radical (unpaired) electrons. The van der Waals surface area contributed by atoms with E-state index >= 15 is 0 Å². The summed E-state index contributed by atoms with van der Waals surface area (Å²) in [5.74, 6) is 0. The van der Waals surface area contributed by atoms with Crippen LogP contribution in [0.15, 0.2) is 109 Å². The normalized spacial score (nSPS) is 11.9. The van der Waals surface area contributed by atoms with Gasteiger partial charge in [-0.3, -0.25) is 0 Å². The quantitative estimate of drug-likeness (QED) is 0.398. The molecule has 0 unspecified atom stereocenters. The molecule has 0 atom stereocenters. The average molecular weight is 382 g/mol. The first-order valence-electron chi connectivity index (χ1n) is 9.92. The van der Waals surface area contributed by atoms with E-state index in [1.807, 2.05) is 0 Å². The number of hydrogen-bond acceptors (Lipinski definition) is 0. The molecule has 1 heteroatoms. The molecule has 0 saturated heterocycles. The molecule has 0 spiro atoms. The zero-order valence-corrected chi connectivity index (χ0v) is 17.6. The van der Waals surface area contributed by atoms with Gasteiger partial charge in [-0.1, -0.05) is 0 Å². The summed E-state index contributed by atoms with van der Waals surface area (Å²) in [6.45, 7) is 4.36. The van der Waals surface area contributed by atoms with Crippen LogP contribution in [0.2, 0.25) is 0 Å². The number of hydrogen-bond donors (Lipinski definition) is 0. The summed E-state index contributed by atoms with van der Waals surface area (Å²) in [6, 6.07) is 40.5. The summed E-state index contributed by atoms with van der Waals surface area (Å²) in [5, 5.41) is 4.41. The van der Waals surface area contributed by atoms with Crippen molar-refractivity contribution in [2.24, 2.45) is 0 Å². The molecular formula is C27H27P. The third-order valence-corrected chi connectivity index (χ3v) is 10.5. The van der Waals surface area contributed by atoms with Gasteiger partial charge < -0.3 is 0 Å². The molecule has 0 N–H and O–H groups in total. The summed E-state index contributed by atoms with van der Waals surface area (Å²) in [5.41, 5.74) is 4.04. The zero-order chi connectivity index (χ0) is 19.4. The van der Waals surface area contributed by atoms with Crippen LogP contribution in [0, 0.1) is 13.8 Å². The van der Waals surface area contributed by atoms with Gasteiger partial charge in [0.15, 0.2) is 0 Å². The van der Waals surface area contributed by atoms with Crippen molar-refractivity contribution in [3.63, 3.8) is 0 Å². The van der Waals surface area contributed by atoms with E-state index in [-0.39, 0.29) is 0 Å². The van der Waals surface area contributed by atoms with Crippen LogP contribution >= 0.6 is 7.26 Å². The van der Waals surface area contributed by atoms with Gasteiger partial charge in [0.2, 0.25) is 0 Å². The fourth-order valence-electron chi connectivity index (χ4n) is 4.17. The van der Waals surface area contributed by atoms with Crippen LogP contribution in [-0.4, -0.2) is 0 Å². The van der Waals surface area contributed by atoms with E-state index in [1.165, 1.54) is 32.6 Å². The van der Waals surface area contributed by atoms with Crippen LogP contribution in [0.25, 0.3) is 0 Å². The number of rotatable bonds is 5. The van der Waals surface area contributed by atoms with Crippen LogP contribution in [0.3, 0.4) is 0 Å². The molecule has 0 bridgehead atoms. The Balaban J connectivity index is 2.00. The molecule has 0 aliphatic carbocycles. The van der Waals surface area contributed by atoms with Crippen molar-refractivity contribution in [3.05, 3.63) is 126 Å². The first-order chi connectivity index (χ1) is 13.7. The molecule has 4 aromatic carbocycles. The molecule has 0 aliphatic rings. The molecule has 0 heterocycles. The second-order valence-corrected chi connectivity index (χ2v) is 11.6. The predicted molar refractivity (Wildman–Crippen MR) is 126 cm³/mol. The van der Waals surface area contributed by atoms with Crippen LogP contribution < -0.4 is 15.9 Å². The Morgan fingerprint density at radius 3 is 1.57 bits per heavy atom. The SMILES string of the molecule is Cc1ccc(C[PH](c2ccccc2)(c2ccccc2)c2cccc(C)c2)cc1. The maximum absolute atomic E-state index is 2.40. The van der Waals surface area contributed by atoms with Gasteiger partial charge in [-0.25, -0.2) is 0 Å². The first kappa shape index (κ1) is 18.7. The standard InChI is InChI=1S/C27H27P/c1-22-16-18-24(19-17-22)21-28(25-11-5-3-6-12-25,26-13-7-4-8-14-26)27-15-9-10-23(2)20-27/h3-20,28H,21H2,1-2H3. The second kappa shape index (κ2) is 8.13. The van der Waals surface area contributed by atoms with Gasteiger partial charge >= 0.3 is 169 Å². The summed E-state index contributed by atoms with van der Waals surface area (Å²) >= 11 is 0. The van der Waals surface area contributed by atoms with Gasteiger partial charge in [-0.05, 0) is 0 Å². The molecule has 0 aliphatic heterocycles. The number of aryl methyl sites for hydroxylation is 2. The van der Waals surface area contributed by atoms with Crippen LogP contribution in [0.1, 0.15) is 16.7 Å². The second-order valence-electron chi connectivity index (χ2n) is 7.67. The molecule has 0 amide bonds. The zero-order valence-electron chi connectivity index (χ0n) is 16.6. The van der Waals surface area contributed by atoms with Crippen molar-refractivity contribution >= 4 is 23.2 Å². The minimum atomic E-state index is -2.21. The molecule has 140 valence electrons. The average Bonchev–Trinajstić information content (AvgIpc) is 2.75. The molecule has 0 nitrogen and oxygen atoms in total. The summed E-state index contributed by atoms with van der Waals surface area (Å²) in [4.78, 5) is 0. The minimum absolute atomic E-state index is 1.06. The molecule has 4 aromatic rings. The molecule has 28 heavy (non-hydrogen) atoms. The van der Waals surface area contributed by atoms with Crippen molar-refractivity contribution in [3.8, 4) is 0 Å². The number of benzene rings is 4. The Bertz CT molecular complexity index is 995. The van der Waals surface area contributed by atoms with Crippen molar-refractivity contribution in [2.75, 3.05) is 0 Å². The summed E-state index contributed by atoms with van der Waals surface area (Å²) < 4.78 is 0. The van der Waals surface area contributed by atoms with Gasteiger partial charge in [0.1, 0.15) is 0 Å². The van der Waals surface area contributed by atoms with Gasteiger partial charge in [0.25, 0.3) is 0 Å².